The van der Waals surface area contributed by atoms with Crippen LogP contribution in [0, 0.1) is 0 Å². The Kier molecular flexibility index (Phi) is 7.23. The molecule has 0 fully saturated rings. The number of benzene rings is 3. The van der Waals surface area contributed by atoms with Gasteiger partial charge in [-0.2, -0.15) is 0 Å². The molecule has 0 bridgehead atoms. The molecular formula is C25H22ClN3O2S2. The Morgan fingerprint density at radius 2 is 1.88 bits per heavy atom. The Labute approximate surface area is 206 Å². The SMILES string of the molecule is CC(C)c1ccc(OCC(=O)NC(=S)Nc2ccc(-c3nc4ccccc4s3)c(Cl)c2)cc1. The quantitative estimate of drug-likeness (QED) is 0.294. The number of amides is 1. The van der Waals surface area contributed by atoms with Crippen molar-refractivity contribution in [3.05, 3.63) is 77.3 Å². The molecule has 0 saturated carbocycles. The zero-order valence-corrected chi connectivity index (χ0v) is 20.5. The van der Waals surface area contributed by atoms with Crippen molar-refractivity contribution in [3.8, 4) is 16.3 Å². The second kappa shape index (κ2) is 10.3. The molecule has 1 amide bonds. The third kappa shape index (κ3) is 5.87. The van der Waals surface area contributed by atoms with Gasteiger partial charge in [0.15, 0.2) is 11.7 Å². The van der Waals surface area contributed by atoms with Gasteiger partial charge < -0.3 is 10.1 Å². The summed E-state index contributed by atoms with van der Waals surface area (Å²) in [5, 5.41) is 7.16. The lowest BCUT2D eigenvalue weighted by molar-refractivity contribution is -0.121. The number of ether oxygens (including phenoxy) is 1. The van der Waals surface area contributed by atoms with Crippen molar-refractivity contribution in [2.45, 2.75) is 19.8 Å². The van der Waals surface area contributed by atoms with Crippen LogP contribution in [0.15, 0.2) is 66.7 Å². The van der Waals surface area contributed by atoms with E-state index in [0.29, 0.717) is 22.4 Å². The number of carbonyl (C=O) groups excluding carboxylic acids is 1. The van der Waals surface area contributed by atoms with E-state index in [9.17, 15) is 4.79 Å². The van der Waals surface area contributed by atoms with Crippen LogP contribution < -0.4 is 15.4 Å². The van der Waals surface area contributed by atoms with E-state index >= 15 is 0 Å². The minimum atomic E-state index is -0.349. The Morgan fingerprint density at radius 1 is 1.12 bits per heavy atom. The Morgan fingerprint density at radius 3 is 2.58 bits per heavy atom. The van der Waals surface area contributed by atoms with E-state index in [4.69, 9.17) is 28.6 Å². The number of thiazole rings is 1. The molecule has 0 saturated heterocycles. The highest BCUT2D eigenvalue weighted by Gasteiger charge is 2.12. The number of rotatable bonds is 6. The molecule has 3 aromatic carbocycles. The molecule has 8 heteroatoms. The van der Waals surface area contributed by atoms with Crippen molar-refractivity contribution >= 4 is 62.1 Å². The van der Waals surface area contributed by atoms with Crippen LogP contribution in [-0.2, 0) is 4.79 Å². The number of hydrogen-bond donors (Lipinski definition) is 2. The number of hydrogen-bond acceptors (Lipinski definition) is 5. The van der Waals surface area contributed by atoms with Gasteiger partial charge in [0.2, 0.25) is 0 Å². The number of nitrogens with one attached hydrogen (secondary N) is 2. The molecule has 1 heterocycles. The summed E-state index contributed by atoms with van der Waals surface area (Å²) in [4.78, 5) is 16.8. The van der Waals surface area contributed by atoms with Crippen molar-refractivity contribution in [3.63, 3.8) is 0 Å². The Balaban J connectivity index is 1.32. The summed E-state index contributed by atoms with van der Waals surface area (Å²) in [5.41, 5.74) is 3.67. The smallest absolute Gasteiger partial charge is 0.264 e. The van der Waals surface area contributed by atoms with Gasteiger partial charge in [0.05, 0.1) is 15.2 Å². The fourth-order valence-corrected chi connectivity index (χ4v) is 4.74. The van der Waals surface area contributed by atoms with Crippen molar-refractivity contribution in [2.75, 3.05) is 11.9 Å². The largest absolute Gasteiger partial charge is 0.484 e. The average molecular weight is 496 g/mol. The second-order valence-corrected chi connectivity index (χ2v) is 9.54. The van der Waals surface area contributed by atoms with Crippen molar-refractivity contribution < 1.29 is 9.53 Å². The van der Waals surface area contributed by atoms with Crippen LogP contribution in [0.2, 0.25) is 5.02 Å². The summed E-state index contributed by atoms with van der Waals surface area (Å²) in [6, 6.07) is 21.1. The van der Waals surface area contributed by atoms with Crippen LogP contribution in [0.4, 0.5) is 5.69 Å². The maximum Gasteiger partial charge on any atom is 0.264 e. The van der Waals surface area contributed by atoms with Crippen LogP contribution in [0.3, 0.4) is 0 Å². The Hall–Kier alpha value is -3.00. The Bertz CT molecular complexity index is 1270. The van der Waals surface area contributed by atoms with Crippen LogP contribution in [-0.4, -0.2) is 22.6 Å². The van der Waals surface area contributed by atoms with E-state index in [0.717, 1.165) is 20.8 Å². The number of para-hydroxylation sites is 1. The van der Waals surface area contributed by atoms with Gasteiger partial charge in [-0.1, -0.05) is 49.7 Å². The highest BCUT2D eigenvalue weighted by Crippen LogP contribution is 2.35. The number of carbonyl (C=O) groups is 1. The van der Waals surface area contributed by atoms with Crippen molar-refractivity contribution in [1.29, 1.82) is 0 Å². The summed E-state index contributed by atoms with van der Waals surface area (Å²) < 4.78 is 6.64. The molecule has 1 aromatic heterocycles. The number of fused-ring (bicyclic) bond motifs is 1. The van der Waals surface area contributed by atoms with Gasteiger partial charge >= 0.3 is 0 Å². The van der Waals surface area contributed by atoms with E-state index in [1.165, 1.54) is 5.56 Å². The molecule has 0 aliphatic carbocycles. The van der Waals surface area contributed by atoms with Crippen LogP contribution in [0.25, 0.3) is 20.8 Å². The van der Waals surface area contributed by atoms with E-state index in [-0.39, 0.29) is 17.6 Å². The normalized spacial score (nSPS) is 10.9. The predicted molar refractivity (Wildman–Crippen MR) is 140 cm³/mol. The first-order chi connectivity index (χ1) is 15.9. The lowest BCUT2D eigenvalue weighted by Gasteiger charge is -2.12. The monoisotopic (exact) mass is 495 g/mol. The third-order valence-corrected chi connectivity index (χ3v) is 6.51. The molecule has 0 spiro atoms. The fraction of sp³-hybridized carbons (Fsp3) is 0.160. The predicted octanol–water partition coefficient (Wildman–Crippen LogP) is 6.63. The third-order valence-electron chi connectivity index (χ3n) is 4.92. The lowest BCUT2D eigenvalue weighted by atomic mass is 10.0. The summed E-state index contributed by atoms with van der Waals surface area (Å²) in [7, 11) is 0. The van der Waals surface area contributed by atoms with E-state index in [1.54, 1.807) is 17.4 Å². The molecule has 0 aliphatic rings. The molecule has 0 radical (unpaired) electrons. The molecule has 33 heavy (non-hydrogen) atoms. The van der Waals surface area contributed by atoms with Gasteiger partial charge in [0, 0.05) is 11.3 Å². The molecule has 168 valence electrons. The van der Waals surface area contributed by atoms with Gasteiger partial charge in [-0.15, -0.1) is 11.3 Å². The number of aromatic nitrogens is 1. The summed E-state index contributed by atoms with van der Waals surface area (Å²) >= 11 is 13.3. The molecule has 0 unspecified atom stereocenters. The number of halogens is 1. The standard InChI is InChI=1S/C25H22ClN3O2S2/c1-15(2)16-7-10-18(11-8-16)31-14-23(30)29-25(32)27-17-9-12-19(20(26)13-17)24-28-21-5-3-4-6-22(21)33-24/h3-13,15H,14H2,1-2H3,(H2,27,29,30,32). The topological polar surface area (TPSA) is 63.2 Å². The molecule has 4 aromatic rings. The summed E-state index contributed by atoms with van der Waals surface area (Å²) in [6.45, 7) is 4.11. The minimum Gasteiger partial charge on any atom is -0.484 e. The summed E-state index contributed by atoms with van der Waals surface area (Å²) in [5.74, 6) is 0.720. The molecule has 0 aliphatic heterocycles. The zero-order valence-electron chi connectivity index (χ0n) is 18.1. The van der Waals surface area contributed by atoms with Crippen LogP contribution in [0.1, 0.15) is 25.3 Å². The molecule has 2 N–H and O–H groups in total. The van der Waals surface area contributed by atoms with Crippen LogP contribution >= 0.6 is 35.2 Å². The van der Waals surface area contributed by atoms with Crippen LogP contribution in [0.5, 0.6) is 5.75 Å². The average Bonchev–Trinajstić information content (AvgIpc) is 3.22. The number of thiocarbonyl (C=S) groups is 1. The van der Waals surface area contributed by atoms with E-state index in [1.807, 2.05) is 60.7 Å². The second-order valence-electron chi connectivity index (χ2n) is 7.70. The molecule has 5 nitrogen and oxygen atoms in total. The molecule has 0 atom stereocenters. The van der Waals surface area contributed by atoms with E-state index < -0.39 is 0 Å². The first kappa shape index (κ1) is 23.2. The first-order valence-electron chi connectivity index (χ1n) is 10.4. The van der Waals surface area contributed by atoms with E-state index in [2.05, 4.69) is 29.5 Å². The number of nitrogens with zero attached hydrogens (tertiary/aromatic N) is 1. The lowest BCUT2D eigenvalue weighted by Crippen LogP contribution is -2.37. The van der Waals surface area contributed by atoms with Gasteiger partial charge in [-0.05, 0) is 66.2 Å². The van der Waals surface area contributed by atoms with Gasteiger partial charge in [-0.25, -0.2) is 4.98 Å². The molecule has 4 rings (SSSR count). The highest BCUT2D eigenvalue weighted by molar-refractivity contribution is 7.80. The maximum absolute atomic E-state index is 12.2. The highest BCUT2D eigenvalue weighted by atomic mass is 35.5. The maximum atomic E-state index is 12.2. The first-order valence-corrected chi connectivity index (χ1v) is 12.0. The summed E-state index contributed by atoms with van der Waals surface area (Å²) in [6.07, 6.45) is 0. The van der Waals surface area contributed by atoms with Gasteiger partial charge in [0.1, 0.15) is 10.8 Å². The van der Waals surface area contributed by atoms with Crippen molar-refractivity contribution in [2.24, 2.45) is 0 Å². The minimum absolute atomic E-state index is 0.139. The molecular weight excluding hydrogens is 474 g/mol. The van der Waals surface area contributed by atoms with Gasteiger partial charge in [0.25, 0.3) is 5.91 Å². The van der Waals surface area contributed by atoms with Gasteiger partial charge in [-0.3, -0.25) is 10.1 Å². The number of anilines is 1. The van der Waals surface area contributed by atoms with Crippen molar-refractivity contribution in [1.82, 2.24) is 10.3 Å². The zero-order chi connectivity index (χ0) is 23.4. The fourth-order valence-electron chi connectivity index (χ4n) is 3.18.